The molecular formula is C25H22N2O5S2. The molecule has 9 heteroatoms. The lowest BCUT2D eigenvalue weighted by Gasteiger charge is -2.10. The molecule has 1 aromatic heterocycles. The first-order chi connectivity index (χ1) is 16.3. The molecule has 4 aromatic rings. The van der Waals surface area contributed by atoms with Crippen molar-refractivity contribution >= 4 is 43.3 Å². The fourth-order valence-corrected chi connectivity index (χ4v) is 6.35. The standard InChI is InChI=1S/C25H22N2O5S2/c1-31-18-10-6-8-16(14-18)22(28)23-21(26)24(34(29,30)20-12-4-3-5-13-20)25(33-23)27-17-9-7-11-19(15-17)32-2/h3-15,27H,26H2,1-2H3. The topological polar surface area (TPSA) is 108 Å². The number of benzene rings is 3. The fourth-order valence-electron chi connectivity index (χ4n) is 3.39. The first-order valence-electron chi connectivity index (χ1n) is 10.2. The summed E-state index contributed by atoms with van der Waals surface area (Å²) in [7, 11) is -0.985. The van der Waals surface area contributed by atoms with E-state index >= 15 is 0 Å². The molecule has 3 N–H and O–H groups in total. The lowest BCUT2D eigenvalue weighted by Crippen LogP contribution is -2.08. The molecule has 0 saturated carbocycles. The van der Waals surface area contributed by atoms with Crippen LogP contribution in [0.5, 0.6) is 11.5 Å². The Morgan fingerprint density at radius 2 is 1.53 bits per heavy atom. The van der Waals surface area contributed by atoms with Crippen LogP contribution in [0.3, 0.4) is 0 Å². The van der Waals surface area contributed by atoms with Gasteiger partial charge in [0, 0.05) is 17.3 Å². The number of methoxy groups -OCH3 is 2. The van der Waals surface area contributed by atoms with E-state index in [9.17, 15) is 13.2 Å². The number of nitrogen functional groups attached to an aromatic ring is 1. The quantitative estimate of drug-likeness (QED) is 0.326. The van der Waals surface area contributed by atoms with Crippen molar-refractivity contribution < 1.29 is 22.7 Å². The Balaban J connectivity index is 1.87. The minimum atomic E-state index is -4.03. The Bertz CT molecular complexity index is 1450. The molecule has 0 bridgehead atoms. The molecule has 3 aromatic carbocycles. The number of carbonyl (C=O) groups excluding carboxylic acids is 1. The highest BCUT2D eigenvalue weighted by Crippen LogP contribution is 2.44. The van der Waals surface area contributed by atoms with E-state index < -0.39 is 15.6 Å². The van der Waals surface area contributed by atoms with E-state index in [4.69, 9.17) is 15.2 Å². The molecule has 0 aliphatic rings. The van der Waals surface area contributed by atoms with Crippen molar-refractivity contribution in [3.05, 3.63) is 89.3 Å². The Morgan fingerprint density at radius 3 is 2.21 bits per heavy atom. The number of ketones is 1. The van der Waals surface area contributed by atoms with Gasteiger partial charge in [-0.05, 0) is 36.4 Å². The summed E-state index contributed by atoms with van der Waals surface area (Å²) >= 11 is 0.986. The van der Waals surface area contributed by atoms with Crippen LogP contribution in [0.15, 0.2) is 88.7 Å². The van der Waals surface area contributed by atoms with Gasteiger partial charge in [-0.15, -0.1) is 11.3 Å². The maximum Gasteiger partial charge on any atom is 0.211 e. The lowest BCUT2D eigenvalue weighted by molar-refractivity contribution is 0.104. The minimum Gasteiger partial charge on any atom is -0.497 e. The monoisotopic (exact) mass is 494 g/mol. The molecule has 174 valence electrons. The number of nitrogens with one attached hydrogen (secondary N) is 1. The molecule has 0 saturated heterocycles. The van der Waals surface area contributed by atoms with Crippen LogP contribution in [0.1, 0.15) is 15.2 Å². The van der Waals surface area contributed by atoms with Gasteiger partial charge in [0.1, 0.15) is 26.3 Å². The molecule has 0 fully saturated rings. The third kappa shape index (κ3) is 4.48. The van der Waals surface area contributed by atoms with Crippen molar-refractivity contribution in [3.8, 4) is 11.5 Å². The summed E-state index contributed by atoms with van der Waals surface area (Å²) in [5, 5.41) is 3.35. The zero-order valence-corrected chi connectivity index (χ0v) is 20.1. The second-order valence-electron chi connectivity index (χ2n) is 7.24. The molecule has 1 heterocycles. The van der Waals surface area contributed by atoms with Crippen LogP contribution in [0, 0.1) is 0 Å². The predicted molar refractivity (Wildman–Crippen MR) is 133 cm³/mol. The first-order valence-corrected chi connectivity index (χ1v) is 12.5. The molecule has 0 atom stereocenters. The van der Waals surface area contributed by atoms with Crippen molar-refractivity contribution in [2.24, 2.45) is 0 Å². The molecule has 4 rings (SSSR count). The van der Waals surface area contributed by atoms with E-state index in [1.807, 2.05) is 0 Å². The van der Waals surface area contributed by atoms with E-state index in [0.29, 0.717) is 22.7 Å². The van der Waals surface area contributed by atoms with Crippen LogP contribution < -0.4 is 20.5 Å². The number of hydrogen-bond donors (Lipinski definition) is 2. The Labute approximate surface area is 201 Å². The average molecular weight is 495 g/mol. The highest BCUT2D eigenvalue weighted by atomic mass is 32.2. The summed E-state index contributed by atoms with van der Waals surface area (Å²) in [5.74, 6) is 0.701. The van der Waals surface area contributed by atoms with Crippen LogP contribution in [0.2, 0.25) is 0 Å². The molecule has 0 radical (unpaired) electrons. The number of sulfone groups is 1. The largest absolute Gasteiger partial charge is 0.497 e. The van der Waals surface area contributed by atoms with Crippen LogP contribution >= 0.6 is 11.3 Å². The Morgan fingerprint density at radius 1 is 0.882 bits per heavy atom. The highest BCUT2D eigenvalue weighted by Gasteiger charge is 2.31. The van der Waals surface area contributed by atoms with Gasteiger partial charge in [-0.3, -0.25) is 4.79 Å². The van der Waals surface area contributed by atoms with E-state index in [1.54, 1.807) is 73.8 Å². The predicted octanol–water partition coefficient (Wildman–Crippen LogP) is 5.15. The molecule has 0 spiro atoms. The van der Waals surface area contributed by atoms with Crippen molar-refractivity contribution in [2.75, 3.05) is 25.3 Å². The van der Waals surface area contributed by atoms with Gasteiger partial charge in [0.05, 0.1) is 24.8 Å². The van der Waals surface area contributed by atoms with E-state index in [2.05, 4.69) is 5.32 Å². The Kier molecular flexibility index (Phi) is 6.58. The SMILES string of the molecule is COc1cccc(Nc2sc(C(=O)c3cccc(OC)c3)c(N)c2S(=O)(=O)c2ccccc2)c1. The molecular weight excluding hydrogens is 472 g/mol. The second-order valence-corrected chi connectivity index (χ2v) is 10.1. The molecule has 0 aliphatic heterocycles. The number of anilines is 3. The van der Waals surface area contributed by atoms with Gasteiger partial charge in [0.15, 0.2) is 0 Å². The van der Waals surface area contributed by atoms with E-state index in [0.717, 1.165) is 11.3 Å². The second kappa shape index (κ2) is 9.58. The number of nitrogens with two attached hydrogens (primary N) is 1. The van der Waals surface area contributed by atoms with Gasteiger partial charge in [-0.2, -0.15) is 0 Å². The summed E-state index contributed by atoms with van der Waals surface area (Å²) in [6, 6.07) is 21.6. The number of rotatable bonds is 8. The van der Waals surface area contributed by atoms with Crippen LogP contribution in [0.25, 0.3) is 0 Å². The number of thiophene rings is 1. The molecule has 0 amide bonds. The first kappa shape index (κ1) is 23.3. The Hall–Kier alpha value is -3.82. The average Bonchev–Trinajstić information content (AvgIpc) is 3.20. The van der Waals surface area contributed by atoms with Gasteiger partial charge < -0.3 is 20.5 Å². The van der Waals surface area contributed by atoms with Crippen molar-refractivity contribution in [1.29, 1.82) is 0 Å². The number of hydrogen-bond acceptors (Lipinski definition) is 8. The fraction of sp³-hybridized carbons (Fsp3) is 0.0800. The summed E-state index contributed by atoms with van der Waals surface area (Å²) < 4.78 is 37.7. The van der Waals surface area contributed by atoms with Crippen molar-refractivity contribution in [1.82, 2.24) is 0 Å². The third-order valence-corrected chi connectivity index (χ3v) is 8.19. The van der Waals surface area contributed by atoms with Crippen LogP contribution in [-0.4, -0.2) is 28.4 Å². The molecule has 0 aliphatic carbocycles. The van der Waals surface area contributed by atoms with Gasteiger partial charge in [-0.1, -0.05) is 36.4 Å². The van der Waals surface area contributed by atoms with Crippen LogP contribution in [0.4, 0.5) is 16.4 Å². The van der Waals surface area contributed by atoms with Gasteiger partial charge in [-0.25, -0.2) is 8.42 Å². The summed E-state index contributed by atoms with van der Waals surface area (Å²) in [4.78, 5) is 13.4. The maximum absolute atomic E-state index is 13.6. The minimum absolute atomic E-state index is 0.0774. The smallest absolute Gasteiger partial charge is 0.211 e. The van der Waals surface area contributed by atoms with Gasteiger partial charge >= 0.3 is 0 Å². The molecule has 34 heavy (non-hydrogen) atoms. The van der Waals surface area contributed by atoms with Crippen LogP contribution in [-0.2, 0) is 9.84 Å². The maximum atomic E-state index is 13.6. The van der Waals surface area contributed by atoms with E-state index in [1.165, 1.54) is 19.2 Å². The summed E-state index contributed by atoms with van der Waals surface area (Å²) in [6.45, 7) is 0. The molecule has 0 unspecified atom stereocenters. The number of ether oxygens (including phenoxy) is 2. The molecule has 7 nitrogen and oxygen atoms in total. The zero-order valence-electron chi connectivity index (χ0n) is 18.4. The van der Waals surface area contributed by atoms with Gasteiger partial charge in [0.25, 0.3) is 0 Å². The van der Waals surface area contributed by atoms with Crippen molar-refractivity contribution in [3.63, 3.8) is 0 Å². The highest BCUT2D eigenvalue weighted by molar-refractivity contribution is 7.92. The van der Waals surface area contributed by atoms with Gasteiger partial charge in [0.2, 0.25) is 15.6 Å². The third-order valence-electron chi connectivity index (χ3n) is 5.09. The summed E-state index contributed by atoms with van der Waals surface area (Å²) in [5.41, 5.74) is 7.18. The summed E-state index contributed by atoms with van der Waals surface area (Å²) in [6.07, 6.45) is 0. The van der Waals surface area contributed by atoms with Crippen molar-refractivity contribution in [2.45, 2.75) is 9.79 Å². The lowest BCUT2D eigenvalue weighted by atomic mass is 10.1. The zero-order chi connectivity index (χ0) is 24.3. The number of carbonyl (C=O) groups is 1. The normalized spacial score (nSPS) is 11.1. The van der Waals surface area contributed by atoms with E-state index in [-0.39, 0.29) is 25.4 Å².